The van der Waals surface area contributed by atoms with Gasteiger partial charge in [-0.3, -0.25) is 9.88 Å². The number of carboxylic acid groups (broad SMARTS) is 1. The van der Waals surface area contributed by atoms with E-state index in [-0.39, 0.29) is 0 Å². The van der Waals surface area contributed by atoms with Gasteiger partial charge in [-0.05, 0) is 74.4 Å². The lowest BCUT2D eigenvalue weighted by molar-refractivity contribution is 0.201. The molecule has 40 heavy (non-hydrogen) atoms. The highest BCUT2D eigenvalue weighted by molar-refractivity contribution is 5.93. The van der Waals surface area contributed by atoms with Crippen LogP contribution in [0.25, 0.3) is 21.8 Å². The number of pyridine rings is 1. The van der Waals surface area contributed by atoms with Crippen LogP contribution in [0.15, 0.2) is 54.7 Å². The first kappa shape index (κ1) is 28.0. The second kappa shape index (κ2) is 14.2. The molecule has 0 saturated carbocycles. The summed E-state index contributed by atoms with van der Waals surface area (Å²) in [5, 5.41) is 15.8. The summed E-state index contributed by atoms with van der Waals surface area (Å²) in [7, 11) is 0. The van der Waals surface area contributed by atoms with Gasteiger partial charge in [0.1, 0.15) is 0 Å². The van der Waals surface area contributed by atoms with E-state index in [1.165, 1.54) is 91.4 Å². The van der Waals surface area contributed by atoms with Gasteiger partial charge in [0, 0.05) is 52.6 Å². The third-order valence-corrected chi connectivity index (χ3v) is 8.36. The highest BCUT2D eigenvalue weighted by Gasteiger charge is 2.18. The number of rotatable bonds is 15. The van der Waals surface area contributed by atoms with Crippen molar-refractivity contribution in [1.82, 2.24) is 9.97 Å². The summed E-state index contributed by atoms with van der Waals surface area (Å²) in [4.78, 5) is 21.4. The average molecular weight is 541 g/mol. The summed E-state index contributed by atoms with van der Waals surface area (Å²) >= 11 is 0. The number of hydrogen-bond acceptors (Lipinski definition) is 3. The summed E-state index contributed by atoms with van der Waals surface area (Å²) < 4.78 is 0. The van der Waals surface area contributed by atoms with Crippen LogP contribution in [-0.2, 0) is 12.8 Å². The third-order valence-electron chi connectivity index (χ3n) is 8.36. The van der Waals surface area contributed by atoms with E-state index in [1.807, 2.05) is 30.5 Å². The Kier molecular flexibility index (Phi) is 9.94. The van der Waals surface area contributed by atoms with E-state index in [1.54, 1.807) is 0 Å². The molecule has 2 aromatic heterocycles. The molecule has 6 heteroatoms. The topological polar surface area (TPSA) is 81.2 Å². The molecule has 6 nitrogen and oxygen atoms in total. The first-order chi connectivity index (χ1) is 19.7. The van der Waals surface area contributed by atoms with Crippen molar-refractivity contribution in [3.8, 4) is 0 Å². The molecular weight excluding hydrogens is 496 g/mol. The van der Waals surface area contributed by atoms with Gasteiger partial charge in [-0.1, -0.05) is 69.6 Å². The molecule has 4 aromatic rings. The van der Waals surface area contributed by atoms with Crippen molar-refractivity contribution in [2.24, 2.45) is 0 Å². The highest BCUT2D eigenvalue weighted by atomic mass is 16.4. The fourth-order valence-corrected chi connectivity index (χ4v) is 6.14. The van der Waals surface area contributed by atoms with E-state index in [2.05, 4.69) is 34.6 Å². The first-order valence-electron chi connectivity index (χ1n) is 15.4. The number of aromatic nitrogens is 2. The lowest BCUT2D eigenvalue weighted by atomic mass is 9.92. The Hall–Kier alpha value is -3.54. The second-order valence-corrected chi connectivity index (χ2v) is 11.3. The maximum absolute atomic E-state index is 11.8. The summed E-state index contributed by atoms with van der Waals surface area (Å²) in [6.07, 6.45) is 17.9. The number of para-hydroxylation sites is 1. The fourth-order valence-electron chi connectivity index (χ4n) is 6.14. The number of aryl methyl sites for hydroxylation is 1. The molecule has 0 unspecified atom stereocenters. The van der Waals surface area contributed by atoms with Crippen LogP contribution in [0.2, 0.25) is 0 Å². The number of benzene rings is 2. The Balaban J connectivity index is 0.924. The van der Waals surface area contributed by atoms with Gasteiger partial charge < -0.3 is 15.4 Å². The van der Waals surface area contributed by atoms with Crippen molar-refractivity contribution in [2.75, 3.05) is 23.3 Å². The van der Waals surface area contributed by atoms with Gasteiger partial charge in [0.2, 0.25) is 0 Å². The van der Waals surface area contributed by atoms with Crippen LogP contribution in [-0.4, -0.2) is 34.3 Å². The lowest BCUT2D eigenvalue weighted by Crippen LogP contribution is -2.30. The molecule has 0 saturated heterocycles. The molecular formula is C34H44N4O2. The van der Waals surface area contributed by atoms with Gasteiger partial charge in [0.25, 0.3) is 0 Å². The number of anilines is 2. The smallest absolute Gasteiger partial charge is 0.411 e. The lowest BCUT2D eigenvalue weighted by Gasteiger charge is -2.21. The number of amides is 1. The maximum Gasteiger partial charge on any atom is 0.411 e. The van der Waals surface area contributed by atoms with Gasteiger partial charge in [-0.2, -0.15) is 0 Å². The van der Waals surface area contributed by atoms with Gasteiger partial charge in [0.05, 0.1) is 5.52 Å². The van der Waals surface area contributed by atoms with Crippen molar-refractivity contribution < 1.29 is 9.90 Å². The first-order valence-corrected chi connectivity index (χ1v) is 15.4. The van der Waals surface area contributed by atoms with Crippen molar-refractivity contribution in [3.63, 3.8) is 0 Å². The van der Waals surface area contributed by atoms with Crippen LogP contribution in [0, 0.1) is 0 Å². The summed E-state index contributed by atoms with van der Waals surface area (Å²) in [6, 6.07) is 16.3. The zero-order valence-electron chi connectivity index (χ0n) is 23.8. The Morgan fingerprint density at radius 3 is 2.40 bits per heavy atom. The number of nitrogens with zero attached hydrogens (tertiary/aromatic N) is 2. The molecule has 0 aliphatic heterocycles. The quantitative estimate of drug-likeness (QED) is 0.131. The molecule has 0 spiro atoms. The SMILES string of the molecule is O=C(O)N(CCCCCCCCCCCCNc1c2c(nc3ccccc13)CCCC2)c1ccc2[nH]ccc2c1. The number of hydrogen-bond donors (Lipinski definition) is 3. The zero-order valence-corrected chi connectivity index (χ0v) is 23.8. The Labute approximate surface area is 238 Å². The minimum absolute atomic E-state index is 0.553. The Morgan fingerprint density at radius 1 is 0.875 bits per heavy atom. The Bertz CT molecular complexity index is 1400. The van der Waals surface area contributed by atoms with Gasteiger partial charge in [-0.15, -0.1) is 0 Å². The average Bonchev–Trinajstić information content (AvgIpc) is 3.45. The molecule has 0 atom stereocenters. The fraction of sp³-hybridized carbons (Fsp3) is 0.471. The molecule has 0 bridgehead atoms. The molecule has 1 amide bonds. The van der Waals surface area contributed by atoms with Crippen molar-refractivity contribution in [3.05, 3.63) is 66.0 Å². The van der Waals surface area contributed by atoms with E-state index in [9.17, 15) is 9.90 Å². The molecule has 2 aromatic carbocycles. The standard InChI is InChI=1S/C34H44N4O2/c39-34(40)38(27-19-20-30-26(25-27)21-23-35-30)24-14-8-6-4-2-1-3-5-7-13-22-36-33-28-15-9-11-17-31(28)37-32-18-12-10-16-29(32)33/h9,11,15,17,19-21,23,25,35H,1-8,10,12-14,16,18,22,24H2,(H,36,37)(H,39,40). The molecule has 3 N–H and O–H groups in total. The summed E-state index contributed by atoms with van der Waals surface area (Å²) in [6.45, 7) is 1.59. The predicted octanol–water partition coefficient (Wildman–Crippen LogP) is 9.09. The third kappa shape index (κ3) is 7.15. The largest absolute Gasteiger partial charge is 0.465 e. The van der Waals surface area contributed by atoms with Crippen molar-refractivity contribution in [2.45, 2.75) is 89.9 Å². The molecule has 2 heterocycles. The molecule has 1 aliphatic rings. The summed E-state index contributed by atoms with van der Waals surface area (Å²) in [5.74, 6) is 0. The van der Waals surface area contributed by atoms with Crippen LogP contribution in [0.3, 0.4) is 0 Å². The molecule has 0 radical (unpaired) electrons. The monoisotopic (exact) mass is 540 g/mol. The number of nitrogens with one attached hydrogen (secondary N) is 2. The number of H-pyrrole nitrogens is 1. The Morgan fingerprint density at radius 2 is 1.60 bits per heavy atom. The molecule has 0 fully saturated rings. The van der Waals surface area contributed by atoms with E-state index in [4.69, 9.17) is 4.98 Å². The molecule has 212 valence electrons. The normalized spacial score (nSPS) is 13.0. The van der Waals surface area contributed by atoms with Gasteiger partial charge in [0.15, 0.2) is 0 Å². The van der Waals surface area contributed by atoms with E-state index >= 15 is 0 Å². The molecule has 1 aliphatic carbocycles. The number of fused-ring (bicyclic) bond motifs is 3. The van der Waals surface area contributed by atoms with E-state index in [0.717, 1.165) is 54.3 Å². The maximum atomic E-state index is 11.8. The zero-order chi connectivity index (χ0) is 27.6. The van der Waals surface area contributed by atoms with Crippen molar-refractivity contribution in [1.29, 1.82) is 0 Å². The minimum Gasteiger partial charge on any atom is -0.465 e. The minimum atomic E-state index is -0.876. The van der Waals surface area contributed by atoms with Crippen LogP contribution in [0.5, 0.6) is 0 Å². The van der Waals surface area contributed by atoms with Gasteiger partial charge >= 0.3 is 6.09 Å². The van der Waals surface area contributed by atoms with E-state index < -0.39 is 6.09 Å². The predicted molar refractivity (Wildman–Crippen MR) is 167 cm³/mol. The second-order valence-electron chi connectivity index (χ2n) is 11.3. The summed E-state index contributed by atoms with van der Waals surface area (Å²) in [5.41, 5.74) is 7.01. The number of unbranched alkanes of at least 4 members (excludes halogenated alkanes) is 9. The van der Waals surface area contributed by atoms with Crippen molar-refractivity contribution >= 4 is 39.3 Å². The van der Waals surface area contributed by atoms with E-state index in [0.29, 0.717) is 6.54 Å². The van der Waals surface area contributed by atoms with Crippen LogP contribution < -0.4 is 10.2 Å². The van der Waals surface area contributed by atoms with Gasteiger partial charge in [-0.25, -0.2) is 4.79 Å². The highest BCUT2D eigenvalue weighted by Crippen LogP contribution is 2.33. The van der Waals surface area contributed by atoms with Crippen LogP contribution >= 0.6 is 0 Å². The number of carbonyl (C=O) groups is 1. The molecule has 5 rings (SSSR count). The number of aromatic amines is 1. The van der Waals surface area contributed by atoms with Crippen LogP contribution in [0.1, 0.15) is 88.3 Å². The van der Waals surface area contributed by atoms with Crippen LogP contribution in [0.4, 0.5) is 16.2 Å².